The number of hydrogen-bond donors (Lipinski definition) is 1. The number of rotatable bonds is 13. The Morgan fingerprint density at radius 2 is 1.46 bits per heavy atom. The second kappa shape index (κ2) is 19.7. The van der Waals surface area contributed by atoms with Crippen LogP contribution in [0.3, 0.4) is 0 Å². The Labute approximate surface area is 235 Å². The third kappa shape index (κ3) is 13.6. The van der Waals surface area contributed by atoms with Crippen LogP contribution in [0.1, 0.15) is 38.0 Å². The Hall–Kier alpha value is -4.28. The molecule has 41 heavy (non-hydrogen) atoms. The van der Waals surface area contributed by atoms with E-state index in [0.29, 0.717) is 19.5 Å². The highest BCUT2D eigenvalue weighted by molar-refractivity contribution is 5.98. The molecule has 0 spiro atoms. The largest absolute Gasteiger partial charge is 0.508 e. The summed E-state index contributed by atoms with van der Waals surface area (Å²) >= 11 is 0. The Morgan fingerprint density at radius 1 is 0.927 bits per heavy atom. The normalized spacial score (nSPS) is 17.5. The summed E-state index contributed by atoms with van der Waals surface area (Å²) in [4.78, 5) is 66.9. The monoisotopic (exact) mass is 587 g/mol. The maximum Gasteiger partial charge on any atom is 0.508 e. The number of methoxy groups -OCH3 is 2. The molecule has 0 saturated carbocycles. The summed E-state index contributed by atoms with van der Waals surface area (Å²) in [7, 11) is 2.90. The van der Waals surface area contributed by atoms with Crippen molar-refractivity contribution in [2.24, 2.45) is 5.73 Å². The van der Waals surface area contributed by atoms with Gasteiger partial charge in [-0.3, -0.25) is 9.59 Å². The minimum atomic E-state index is -0.855. The van der Waals surface area contributed by atoms with Crippen molar-refractivity contribution in [1.82, 2.24) is 0 Å². The fourth-order valence-corrected chi connectivity index (χ4v) is 2.87. The molecule has 16 heteroatoms. The smallest absolute Gasteiger partial charge is 0.465 e. The lowest BCUT2D eigenvalue weighted by atomic mass is 10.1. The average Bonchev–Trinajstić information content (AvgIpc) is 3.59. The van der Waals surface area contributed by atoms with E-state index in [0.717, 1.165) is 6.54 Å². The first-order valence-corrected chi connectivity index (χ1v) is 12.1. The van der Waals surface area contributed by atoms with Gasteiger partial charge < -0.3 is 48.4 Å². The molecular weight excluding hydrogens is 554 g/mol. The lowest BCUT2D eigenvalue weighted by Crippen LogP contribution is -2.26. The van der Waals surface area contributed by atoms with Crippen LogP contribution in [0.5, 0.6) is 0 Å². The fourth-order valence-electron chi connectivity index (χ4n) is 2.87. The molecule has 2 heterocycles. The number of hydrogen-bond acceptors (Lipinski definition) is 16. The van der Waals surface area contributed by atoms with Crippen molar-refractivity contribution in [2.45, 2.75) is 25.2 Å². The summed E-state index contributed by atoms with van der Waals surface area (Å²) in [5, 5.41) is 0. The summed E-state index contributed by atoms with van der Waals surface area (Å²) in [6, 6.07) is 3.67. The van der Waals surface area contributed by atoms with Crippen molar-refractivity contribution in [3.8, 4) is 0 Å². The van der Waals surface area contributed by atoms with E-state index in [1.165, 1.54) is 25.3 Å². The molecule has 2 aliphatic heterocycles. The summed E-state index contributed by atoms with van der Waals surface area (Å²) in [6.45, 7) is 2.97. The van der Waals surface area contributed by atoms with Crippen LogP contribution in [0.4, 0.5) is 9.59 Å². The summed E-state index contributed by atoms with van der Waals surface area (Å²) in [5.74, 6) is -1.66. The van der Waals surface area contributed by atoms with Crippen LogP contribution in [0, 0.1) is 0 Å². The van der Waals surface area contributed by atoms with E-state index in [-0.39, 0.29) is 55.7 Å². The third-order valence-electron chi connectivity index (χ3n) is 4.70. The Kier molecular flexibility index (Phi) is 16.7. The molecule has 3 unspecified atom stereocenters. The summed E-state index contributed by atoms with van der Waals surface area (Å²) in [5.41, 5.74) is 4.76. The molecular formula is C25H33NO15. The van der Waals surface area contributed by atoms with Gasteiger partial charge in [0.25, 0.3) is 6.47 Å². The molecule has 2 N–H and O–H groups in total. The van der Waals surface area contributed by atoms with E-state index in [2.05, 4.69) is 18.9 Å². The molecule has 2 fully saturated rings. The minimum Gasteiger partial charge on any atom is -0.465 e. The average molecular weight is 588 g/mol. The van der Waals surface area contributed by atoms with Gasteiger partial charge in [-0.1, -0.05) is 6.92 Å². The maximum atomic E-state index is 12.3. The van der Waals surface area contributed by atoms with Gasteiger partial charge in [0.15, 0.2) is 12.2 Å². The van der Waals surface area contributed by atoms with Gasteiger partial charge in [0.2, 0.25) is 0 Å². The van der Waals surface area contributed by atoms with Gasteiger partial charge in [-0.15, -0.1) is 0 Å². The molecule has 3 atom stereocenters. The van der Waals surface area contributed by atoms with Crippen molar-refractivity contribution >= 4 is 37.0 Å². The predicted molar refractivity (Wildman–Crippen MR) is 134 cm³/mol. The van der Waals surface area contributed by atoms with E-state index in [9.17, 15) is 28.8 Å². The number of nitrogens with two attached hydrogens (primary N) is 1. The molecule has 0 aliphatic carbocycles. The molecule has 3 rings (SSSR count). The van der Waals surface area contributed by atoms with Gasteiger partial charge in [-0.2, -0.15) is 0 Å². The first-order valence-electron chi connectivity index (χ1n) is 12.1. The van der Waals surface area contributed by atoms with Crippen LogP contribution >= 0.6 is 0 Å². The molecule has 0 aromatic heterocycles. The van der Waals surface area contributed by atoms with Crippen molar-refractivity contribution in [1.29, 1.82) is 0 Å². The Bertz CT molecular complexity index is 1010. The highest BCUT2D eigenvalue weighted by Crippen LogP contribution is 2.14. The molecule has 228 valence electrons. The van der Waals surface area contributed by atoms with Crippen LogP contribution in [-0.4, -0.2) is 116 Å². The van der Waals surface area contributed by atoms with Gasteiger partial charge in [0.05, 0.1) is 17.7 Å². The van der Waals surface area contributed by atoms with Crippen LogP contribution in [0.2, 0.25) is 0 Å². The number of ether oxygens (including phenoxy) is 9. The zero-order valence-electron chi connectivity index (χ0n) is 22.8. The number of cyclic esters (lactones) is 4. The third-order valence-corrected chi connectivity index (χ3v) is 4.70. The molecule has 1 aromatic rings. The van der Waals surface area contributed by atoms with E-state index in [4.69, 9.17) is 29.4 Å². The van der Waals surface area contributed by atoms with E-state index < -0.39 is 36.5 Å². The summed E-state index contributed by atoms with van der Waals surface area (Å²) < 4.78 is 42.7. The van der Waals surface area contributed by atoms with Crippen molar-refractivity contribution in [3.05, 3.63) is 34.9 Å². The highest BCUT2D eigenvalue weighted by atomic mass is 16.8. The van der Waals surface area contributed by atoms with Crippen molar-refractivity contribution in [3.63, 3.8) is 0 Å². The van der Waals surface area contributed by atoms with Crippen LogP contribution in [0.25, 0.3) is 0 Å². The van der Waals surface area contributed by atoms with Gasteiger partial charge in [0.1, 0.15) is 45.4 Å². The zero-order valence-corrected chi connectivity index (χ0v) is 22.8. The number of carbonyl (C=O) groups excluding carboxylic acids is 6. The number of carbonyl (C=O) groups is 6. The number of benzene rings is 1. The quantitative estimate of drug-likeness (QED) is 0.191. The summed E-state index contributed by atoms with van der Waals surface area (Å²) in [6.07, 6.45) is -2.62. The standard InChI is InChI=1S/C18H18O11.C5H8O4.C2H7N/c1-24-14(6-25-10-20)7-26-16(21)12-2-11(5-19)3-13(4-12)17(22)27-8-15-9-28-18(23)29-15;1-7-2-4-3-8-5(6)9-4;1-2-3/h2-5,10,14-15H,6-9H2,1H3;4H,2-3H2,1H3;2-3H2,1H3. The molecule has 2 saturated heterocycles. The molecule has 0 radical (unpaired) electrons. The van der Waals surface area contributed by atoms with Crippen molar-refractivity contribution < 1.29 is 71.4 Å². The Morgan fingerprint density at radius 3 is 1.90 bits per heavy atom. The topological polar surface area (TPSA) is 212 Å². The van der Waals surface area contributed by atoms with Crippen LogP contribution in [-0.2, 0) is 47.4 Å². The minimum absolute atomic E-state index is 0.0491. The first-order chi connectivity index (χ1) is 19.7. The van der Waals surface area contributed by atoms with Gasteiger partial charge >= 0.3 is 24.2 Å². The van der Waals surface area contributed by atoms with Crippen molar-refractivity contribution in [2.75, 3.05) is 60.4 Å². The van der Waals surface area contributed by atoms with Crippen LogP contribution in [0.15, 0.2) is 18.2 Å². The van der Waals surface area contributed by atoms with E-state index in [1.54, 1.807) is 7.11 Å². The molecule has 16 nitrogen and oxygen atoms in total. The first kappa shape index (κ1) is 34.7. The Balaban J connectivity index is 0.000000581. The number of esters is 2. The zero-order chi connectivity index (χ0) is 30.6. The van der Waals surface area contributed by atoms with Gasteiger partial charge in [-0.05, 0) is 24.7 Å². The molecule has 1 aromatic carbocycles. The number of aldehydes is 1. The highest BCUT2D eigenvalue weighted by Gasteiger charge is 2.27. The van der Waals surface area contributed by atoms with E-state index >= 15 is 0 Å². The van der Waals surface area contributed by atoms with E-state index in [1.807, 2.05) is 6.92 Å². The van der Waals surface area contributed by atoms with Gasteiger partial charge in [0, 0.05) is 19.8 Å². The maximum absolute atomic E-state index is 12.3. The van der Waals surface area contributed by atoms with Gasteiger partial charge in [-0.25, -0.2) is 19.2 Å². The lowest BCUT2D eigenvalue weighted by molar-refractivity contribution is -0.133. The predicted octanol–water partition coefficient (Wildman–Crippen LogP) is 0.669. The SMILES string of the molecule is CCN.COC(COC=O)COC(=O)c1cc(C=O)cc(C(=O)OCC2COC(=O)O2)c1.COCC1COC(=O)O1. The second-order valence-electron chi connectivity index (χ2n) is 7.91. The fraction of sp³-hybridized carbons (Fsp3) is 0.520. The molecule has 0 amide bonds. The molecule has 2 aliphatic rings. The van der Waals surface area contributed by atoms with Crippen LogP contribution < -0.4 is 5.73 Å². The lowest BCUT2D eigenvalue weighted by Gasteiger charge is -2.14. The second-order valence-corrected chi connectivity index (χ2v) is 7.91. The molecule has 0 bridgehead atoms.